The summed E-state index contributed by atoms with van der Waals surface area (Å²) < 4.78 is 34.3. The molecule has 1 aromatic rings. The first-order chi connectivity index (χ1) is 9.17. The Morgan fingerprint density at radius 3 is 2.79 bits per heavy atom. The Balaban J connectivity index is 1.75. The van der Waals surface area contributed by atoms with Crippen molar-refractivity contribution < 1.29 is 13.2 Å². The molecule has 7 heteroatoms. The second kappa shape index (κ2) is 5.09. The van der Waals surface area contributed by atoms with Crippen LogP contribution in [0, 0.1) is 0 Å². The van der Waals surface area contributed by atoms with Crippen molar-refractivity contribution in [2.45, 2.75) is 6.04 Å². The molecule has 6 nitrogen and oxygen atoms in total. The van der Waals surface area contributed by atoms with Crippen LogP contribution in [0.5, 0.6) is 5.75 Å². The topological polar surface area (TPSA) is 70.7 Å². The molecule has 1 fully saturated rings. The summed E-state index contributed by atoms with van der Waals surface area (Å²) >= 11 is 0. The minimum Gasteiger partial charge on any atom is -0.491 e. The van der Waals surface area contributed by atoms with Crippen molar-refractivity contribution in [2.75, 3.05) is 32.8 Å². The van der Waals surface area contributed by atoms with E-state index in [9.17, 15) is 8.42 Å². The maximum atomic E-state index is 12.3. The lowest BCUT2D eigenvalue weighted by atomic mass is 10.1. The van der Waals surface area contributed by atoms with E-state index in [4.69, 9.17) is 4.74 Å². The van der Waals surface area contributed by atoms with Gasteiger partial charge in [0, 0.05) is 31.7 Å². The third kappa shape index (κ3) is 2.59. The maximum absolute atomic E-state index is 12.3. The number of hydrogen-bond acceptors (Lipinski definition) is 4. The third-order valence-electron chi connectivity index (χ3n) is 3.41. The van der Waals surface area contributed by atoms with Crippen LogP contribution in [0.2, 0.25) is 0 Å². The highest BCUT2D eigenvalue weighted by atomic mass is 32.2. The Hall–Kier alpha value is -1.15. The molecule has 1 unspecified atom stereocenters. The van der Waals surface area contributed by atoms with E-state index in [-0.39, 0.29) is 6.04 Å². The van der Waals surface area contributed by atoms with Gasteiger partial charge in [-0.15, -0.1) is 0 Å². The summed E-state index contributed by atoms with van der Waals surface area (Å²) in [5, 5.41) is 3.14. The normalized spacial score (nSPS) is 23.9. The molecule has 19 heavy (non-hydrogen) atoms. The summed E-state index contributed by atoms with van der Waals surface area (Å²) in [4.78, 5) is 0. The number of nitrogens with one attached hydrogen (secondary N) is 2. The Morgan fingerprint density at radius 2 is 2.00 bits per heavy atom. The minimum atomic E-state index is -3.45. The van der Waals surface area contributed by atoms with E-state index < -0.39 is 10.2 Å². The van der Waals surface area contributed by atoms with Gasteiger partial charge < -0.3 is 10.1 Å². The Morgan fingerprint density at radius 1 is 1.26 bits per heavy atom. The third-order valence-corrected chi connectivity index (χ3v) is 5.03. The average molecular weight is 283 g/mol. The van der Waals surface area contributed by atoms with Crippen LogP contribution in [0.15, 0.2) is 24.3 Å². The molecule has 0 aliphatic carbocycles. The smallest absolute Gasteiger partial charge is 0.280 e. The van der Waals surface area contributed by atoms with Crippen LogP contribution < -0.4 is 14.8 Å². The summed E-state index contributed by atoms with van der Waals surface area (Å²) in [5.74, 6) is 0.760. The lowest BCUT2D eigenvalue weighted by Gasteiger charge is -2.27. The van der Waals surface area contributed by atoms with Gasteiger partial charge in [-0.1, -0.05) is 18.2 Å². The number of benzene rings is 1. The van der Waals surface area contributed by atoms with Crippen molar-refractivity contribution in [1.29, 1.82) is 0 Å². The van der Waals surface area contributed by atoms with E-state index >= 15 is 0 Å². The van der Waals surface area contributed by atoms with Gasteiger partial charge in [-0.2, -0.15) is 17.4 Å². The first kappa shape index (κ1) is 12.9. The van der Waals surface area contributed by atoms with E-state index in [1.165, 1.54) is 4.31 Å². The molecule has 2 heterocycles. The van der Waals surface area contributed by atoms with Gasteiger partial charge in [0.1, 0.15) is 12.4 Å². The number of para-hydroxylation sites is 1. The summed E-state index contributed by atoms with van der Waals surface area (Å²) in [5.41, 5.74) is 0.904. The number of fused-ring (bicyclic) bond motifs is 1. The van der Waals surface area contributed by atoms with Gasteiger partial charge >= 0.3 is 0 Å². The van der Waals surface area contributed by atoms with Crippen molar-refractivity contribution in [3.05, 3.63) is 29.8 Å². The van der Waals surface area contributed by atoms with Gasteiger partial charge in [-0.3, -0.25) is 0 Å². The molecular formula is C12H17N3O3S. The van der Waals surface area contributed by atoms with Gasteiger partial charge in [-0.25, -0.2) is 0 Å². The lowest BCUT2D eigenvalue weighted by molar-refractivity contribution is 0.314. The van der Waals surface area contributed by atoms with Crippen LogP contribution in [0.3, 0.4) is 0 Å². The number of rotatable bonds is 3. The van der Waals surface area contributed by atoms with Crippen molar-refractivity contribution in [2.24, 2.45) is 0 Å². The van der Waals surface area contributed by atoms with Crippen molar-refractivity contribution >= 4 is 10.2 Å². The fourth-order valence-electron chi connectivity index (χ4n) is 2.40. The molecule has 1 aromatic carbocycles. The van der Waals surface area contributed by atoms with Gasteiger partial charge in [0.2, 0.25) is 0 Å². The molecule has 0 aromatic heterocycles. The highest BCUT2D eigenvalue weighted by Crippen LogP contribution is 2.32. The molecule has 1 atom stereocenters. The number of ether oxygens (including phenoxy) is 1. The van der Waals surface area contributed by atoms with Crippen LogP contribution in [0.25, 0.3) is 0 Å². The molecule has 1 saturated heterocycles. The van der Waals surface area contributed by atoms with E-state index in [1.807, 2.05) is 24.3 Å². The van der Waals surface area contributed by atoms with Crippen LogP contribution in [0.1, 0.15) is 11.6 Å². The summed E-state index contributed by atoms with van der Waals surface area (Å²) in [6.45, 7) is 2.75. The van der Waals surface area contributed by atoms with E-state index in [0.29, 0.717) is 32.8 Å². The zero-order chi connectivity index (χ0) is 13.3. The molecule has 2 N–H and O–H groups in total. The summed E-state index contributed by atoms with van der Waals surface area (Å²) in [6, 6.07) is 7.23. The fraction of sp³-hybridized carbons (Fsp3) is 0.500. The summed E-state index contributed by atoms with van der Waals surface area (Å²) in [6.07, 6.45) is 0. The molecule has 3 rings (SSSR count). The molecule has 0 saturated carbocycles. The quantitative estimate of drug-likeness (QED) is 0.810. The van der Waals surface area contributed by atoms with E-state index in [0.717, 1.165) is 11.3 Å². The van der Waals surface area contributed by atoms with E-state index in [1.54, 1.807) is 0 Å². The SMILES string of the molecule is O=S(=O)(NC1COc2ccccc21)N1CCNCC1. The second-order valence-corrected chi connectivity index (χ2v) is 6.38. The Bertz CT molecular complexity index is 555. The molecule has 104 valence electrons. The molecule has 2 aliphatic rings. The van der Waals surface area contributed by atoms with Crippen molar-refractivity contribution in [3.8, 4) is 5.75 Å². The highest BCUT2D eigenvalue weighted by Gasteiger charge is 2.31. The maximum Gasteiger partial charge on any atom is 0.280 e. The predicted octanol–water partition coefficient (Wildman–Crippen LogP) is -0.140. The van der Waals surface area contributed by atoms with Crippen molar-refractivity contribution in [1.82, 2.24) is 14.3 Å². The first-order valence-corrected chi connectivity index (χ1v) is 7.81. The molecule has 0 radical (unpaired) electrons. The molecule has 0 bridgehead atoms. The van der Waals surface area contributed by atoms with Gasteiger partial charge in [0.05, 0.1) is 6.04 Å². The second-order valence-electron chi connectivity index (χ2n) is 4.67. The number of hydrogen-bond donors (Lipinski definition) is 2. The van der Waals surface area contributed by atoms with Crippen LogP contribution >= 0.6 is 0 Å². The monoisotopic (exact) mass is 283 g/mol. The minimum absolute atomic E-state index is 0.295. The standard InChI is InChI=1S/C12H17N3O3S/c16-19(17,15-7-5-13-6-8-15)14-11-9-18-12-4-2-1-3-10(11)12/h1-4,11,13-14H,5-9H2. The zero-order valence-corrected chi connectivity index (χ0v) is 11.3. The predicted molar refractivity (Wildman–Crippen MR) is 71.2 cm³/mol. The van der Waals surface area contributed by atoms with Crippen LogP contribution in [-0.4, -0.2) is 45.5 Å². The molecule has 0 spiro atoms. The summed E-state index contributed by atoms with van der Waals surface area (Å²) in [7, 11) is -3.45. The largest absolute Gasteiger partial charge is 0.491 e. The Labute approximate surface area is 112 Å². The average Bonchev–Trinajstić information content (AvgIpc) is 2.83. The van der Waals surface area contributed by atoms with Crippen molar-refractivity contribution in [3.63, 3.8) is 0 Å². The van der Waals surface area contributed by atoms with Crippen LogP contribution in [0.4, 0.5) is 0 Å². The Kier molecular flexibility index (Phi) is 3.44. The molecule has 2 aliphatic heterocycles. The van der Waals surface area contributed by atoms with Gasteiger partial charge in [0.15, 0.2) is 0 Å². The fourth-order valence-corrected chi connectivity index (χ4v) is 3.77. The molecular weight excluding hydrogens is 266 g/mol. The van der Waals surface area contributed by atoms with Gasteiger partial charge in [0.25, 0.3) is 10.2 Å². The zero-order valence-electron chi connectivity index (χ0n) is 10.5. The number of nitrogens with zero attached hydrogens (tertiary/aromatic N) is 1. The molecule has 0 amide bonds. The van der Waals surface area contributed by atoms with Gasteiger partial charge in [-0.05, 0) is 6.07 Å². The van der Waals surface area contributed by atoms with Crippen LogP contribution in [-0.2, 0) is 10.2 Å². The number of piperazine rings is 1. The lowest BCUT2D eigenvalue weighted by Crippen LogP contribution is -2.51. The highest BCUT2D eigenvalue weighted by molar-refractivity contribution is 7.87. The first-order valence-electron chi connectivity index (χ1n) is 6.37. The van der Waals surface area contributed by atoms with E-state index in [2.05, 4.69) is 10.0 Å².